The number of carbonyl (C=O) groups excluding carboxylic acids is 2. The van der Waals surface area contributed by atoms with Gasteiger partial charge in [-0.1, -0.05) is 30.3 Å². The van der Waals surface area contributed by atoms with Gasteiger partial charge in [-0.05, 0) is 42.7 Å². The van der Waals surface area contributed by atoms with E-state index >= 15 is 0 Å². The highest BCUT2D eigenvalue weighted by molar-refractivity contribution is 5.89. The molecule has 0 radical (unpaired) electrons. The molecule has 0 bridgehead atoms. The van der Waals surface area contributed by atoms with Crippen LogP contribution in [0.4, 0.5) is 14.9 Å². The molecule has 1 aliphatic heterocycles. The molecule has 6 heteroatoms. The summed E-state index contributed by atoms with van der Waals surface area (Å²) in [6, 6.07) is 15.3. The van der Waals surface area contributed by atoms with E-state index in [1.54, 1.807) is 17.0 Å². The van der Waals surface area contributed by atoms with Crippen LogP contribution < -0.4 is 10.6 Å². The van der Waals surface area contributed by atoms with Crippen molar-refractivity contribution in [1.29, 1.82) is 0 Å². The number of anilines is 1. The molecule has 1 heterocycles. The number of hydrogen-bond acceptors (Lipinski definition) is 2. The van der Waals surface area contributed by atoms with E-state index in [0.717, 1.165) is 11.3 Å². The number of nitrogens with one attached hydrogen (secondary N) is 2. The average Bonchev–Trinajstić information content (AvgIpc) is 2.68. The second kappa shape index (κ2) is 8.47. The topological polar surface area (TPSA) is 61.4 Å². The fraction of sp³-hybridized carbons (Fsp3) is 0.300. The zero-order chi connectivity index (χ0) is 18.4. The van der Waals surface area contributed by atoms with Gasteiger partial charge in [-0.25, -0.2) is 9.18 Å². The SMILES string of the molecule is O=C(NCc1ccc(F)cc1)C1CCN(C(=O)Nc2ccccc2)CC1. The standard InChI is InChI=1S/C20H22FN3O2/c21-17-8-6-15(7-9-17)14-22-19(25)16-10-12-24(13-11-16)20(26)23-18-4-2-1-3-5-18/h1-9,16H,10-14H2,(H,22,25)(H,23,26). The molecule has 26 heavy (non-hydrogen) atoms. The van der Waals surface area contributed by atoms with Crippen LogP contribution in [0.1, 0.15) is 18.4 Å². The molecule has 136 valence electrons. The van der Waals surface area contributed by atoms with E-state index in [9.17, 15) is 14.0 Å². The summed E-state index contributed by atoms with van der Waals surface area (Å²) >= 11 is 0. The number of piperidine rings is 1. The van der Waals surface area contributed by atoms with Gasteiger partial charge in [0.25, 0.3) is 0 Å². The largest absolute Gasteiger partial charge is 0.352 e. The van der Waals surface area contributed by atoms with Crippen LogP contribution in [0, 0.1) is 11.7 Å². The highest BCUT2D eigenvalue weighted by atomic mass is 19.1. The number of likely N-dealkylation sites (tertiary alicyclic amines) is 1. The van der Waals surface area contributed by atoms with E-state index in [4.69, 9.17) is 0 Å². The normalized spacial score (nSPS) is 14.7. The molecule has 2 N–H and O–H groups in total. The van der Waals surface area contributed by atoms with Gasteiger partial charge in [0.2, 0.25) is 5.91 Å². The predicted octanol–water partition coefficient (Wildman–Crippen LogP) is 3.39. The van der Waals surface area contributed by atoms with E-state index < -0.39 is 0 Å². The lowest BCUT2D eigenvalue weighted by atomic mass is 9.96. The lowest BCUT2D eigenvalue weighted by Gasteiger charge is -2.31. The molecular formula is C20H22FN3O2. The maximum absolute atomic E-state index is 12.9. The predicted molar refractivity (Wildman–Crippen MR) is 98.0 cm³/mol. The zero-order valence-electron chi connectivity index (χ0n) is 14.5. The Hall–Kier alpha value is -2.89. The Bertz CT molecular complexity index is 741. The fourth-order valence-corrected chi connectivity index (χ4v) is 3.00. The third kappa shape index (κ3) is 4.81. The third-order valence-electron chi connectivity index (χ3n) is 4.56. The van der Waals surface area contributed by atoms with Crippen LogP contribution in [-0.4, -0.2) is 29.9 Å². The maximum atomic E-state index is 12.9. The van der Waals surface area contributed by atoms with Crippen molar-refractivity contribution in [2.45, 2.75) is 19.4 Å². The number of amides is 3. The summed E-state index contributed by atoms with van der Waals surface area (Å²) < 4.78 is 12.9. The van der Waals surface area contributed by atoms with Crippen molar-refractivity contribution in [2.24, 2.45) is 5.92 Å². The number of carbonyl (C=O) groups is 2. The summed E-state index contributed by atoms with van der Waals surface area (Å²) in [6.45, 7) is 1.48. The Morgan fingerprint density at radius 1 is 1.00 bits per heavy atom. The Labute approximate surface area is 152 Å². The van der Waals surface area contributed by atoms with E-state index in [2.05, 4.69) is 10.6 Å². The molecule has 0 aromatic heterocycles. The van der Waals surface area contributed by atoms with E-state index in [1.165, 1.54) is 12.1 Å². The average molecular weight is 355 g/mol. The first-order valence-corrected chi connectivity index (χ1v) is 8.75. The monoisotopic (exact) mass is 355 g/mol. The van der Waals surface area contributed by atoms with Gasteiger partial charge in [0.15, 0.2) is 0 Å². The molecule has 0 atom stereocenters. The Morgan fingerprint density at radius 3 is 2.31 bits per heavy atom. The number of rotatable bonds is 4. The van der Waals surface area contributed by atoms with Gasteiger partial charge in [0.05, 0.1) is 0 Å². The lowest BCUT2D eigenvalue weighted by molar-refractivity contribution is -0.126. The molecule has 1 aliphatic rings. The van der Waals surface area contributed by atoms with E-state index in [-0.39, 0.29) is 23.7 Å². The molecule has 0 aliphatic carbocycles. The quantitative estimate of drug-likeness (QED) is 0.883. The summed E-state index contributed by atoms with van der Waals surface area (Å²) in [5.41, 5.74) is 1.62. The van der Waals surface area contributed by atoms with Crippen molar-refractivity contribution < 1.29 is 14.0 Å². The fourth-order valence-electron chi connectivity index (χ4n) is 3.00. The number of para-hydroxylation sites is 1. The number of halogens is 1. The van der Waals surface area contributed by atoms with Crippen molar-refractivity contribution in [2.75, 3.05) is 18.4 Å². The van der Waals surface area contributed by atoms with Gasteiger partial charge in [-0.2, -0.15) is 0 Å². The summed E-state index contributed by atoms with van der Waals surface area (Å²) in [5, 5.41) is 5.75. The maximum Gasteiger partial charge on any atom is 0.321 e. The van der Waals surface area contributed by atoms with E-state index in [0.29, 0.717) is 32.5 Å². The third-order valence-corrected chi connectivity index (χ3v) is 4.56. The van der Waals surface area contributed by atoms with Crippen LogP contribution in [0.3, 0.4) is 0 Å². The smallest absolute Gasteiger partial charge is 0.321 e. The Morgan fingerprint density at radius 2 is 1.65 bits per heavy atom. The Kier molecular flexibility index (Phi) is 5.84. The molecule has 1 saturated heterocycles. The first-order valence-electron chi connectivity index (χ1n) is 8.75. The molecule has 3 amide bonds. The minimum Gasteiger partial charge on any atom is -0.352 e. The number of urea groups is 1. The minimum absolute atomic E-state index is 0.0163. The minimum atomic E-state index is -0.291. The van der Waals surface area contributed by atoms with Crippen LogP contribution in [0.5, 0.6) is 0 Å². The summed E-state index contributed by atoms with van der Waals surface area (Å²) in [6.07, 6.45) is 1.27. The van der Waals surface area contributed by atoms with Crippen molar-refractivity contribution in [3.05, 3.63) is 66.0 Å². The van der Waals surface area contributed by atoms with Crippen LogP contribution in [0.15, 0.2) is 54.6 Å². The van der Waals surface area contributed by atoms with Gasteiger partial charge in [-0.15, -0.1) is 0 Å². The van der Waals surface area contributed by atoms with Gasteiger partial charge in [0.1, 0.15) is 5.82 Å². The van der Waals surface area contributed by atoms with Crippen LogP contribution in [0.25, 0.3) is 0 Å². The van der Waals surface area contributed by atoms with Gasteiger partial charge in [-0.3, -0.25) is 4.79 Å². The summed E-state index contributed by atoms with van der Waals surface area (Å²) in [4.78, 5) is 26.3. The van der Waals surface area contributed by atoms with Crippen molar-refractivity contribution in [3.63, 3.8) is 0 Å². The molecule has 0 unspecified atom stereocenters. The number of nitrogens with zero attached hydrogens (tertiary/aromatic N) is 1. The van der Waals surface area contributed by atoms with Crippen molar-refractivity contribution >= 4 is 17.6 Å². The van der Waals surface area contributed by atoms with Crippen molar-refractivity contribution in [1.82, 2.24) is 10.2 Å². The second-order valence-electron chi connectivity index (χ2n) is 6.40. The van der Waals surface area contributed by atoms with Crippen molar-refractivity contribution in [3.8, 4) is 0 Å². The summed E-state index contributed by atoms with van der Waals surface area (Å²) in [7, 11) is 0. The highest BCUT2D eigenvalue weighted by Gasteiger charge is 2.27. The molecular weight excluding hydrogens is 333 g/mol. The van der Waals surface area contributed by atoms with Gasteiger partial charge >= 0.3 is 6.03 Å². The molecule has 2 aromatic rings. The highest BCUT2D eigenvalue weighted by Crippen LogP contribution is 2.19. The van der Waals surface area contributed by atoms with Crippen LogP contribution >= 0.6 is 0 Å². The zero-order valence-corrected chi connectivity index (χ0v) is 14.5. The molecule has 3 rings (SSSR count). The van der Waals surface area contributed by atoms with E-state index in [1.807, 2.05) is 30.3 Å². The number of benzene rings is 2. The number of hydrogen-bond donors (Lipinski definition) is 2. The second-order valence-corrected chi connectivity index (χ2v) is 6.40. The molecule has 1 fully saturated rings. The molecule has 0 spiro atoms. The molecule has 5 nitrogen and oxygen atoms in total. The lowest BCUT2D eigenvalue weighted by Crippen LogP contribution is -2.44. The van der Waals surface area contributed by atoms with Gasteiger partial charge in [0, 0.05) is 31.2 Å². The molecule has 2 aromatic carbocycles. The molecule has 0 saturated carbocycles. The summed E-state index contributed by atoms with van der Waals surface area (Å²) in [5.74, 6) is -0.408. The Balaban J connectivity index is 1.43. The van der Waals surface area contributed by atoms with Gasteiger partial charge < -0.3 is 15.5 Å². The first kappa shape index (κ1) is 17.9. The van der Waals surface area contributed by atoms with Crippen LogP contribution in [0.2, 0.25) is 0 Å². The van der Waals surface area contributed by atoms with Crippen LogP contribution in [-0.2, 0) is 11.3 Å². The first-order chi connectivity index (χ1) is 12.6.